The molecule has 0 bridgehead atoms. The van der Waals surface area contributed by atoms with Gasteiger partial charge in [-0.3, -0.25) is 0 Å². The summed E-state index contributed by atoms with van der Waals surface area (Å²) < 4.78 is 13.3. The van der Waals surface area contributed by atoms with Gasteiger partial charge in [-0.05, 0) is 47.2 Å². The van der Waals surface area contributed by atoms with Crippen LogP contribution in [-0.4, -0.2) is 0 Å². The SMILES string of the molecule is Cc1cc(I)c(F)cc1S. The van der Waals surface area contributed by atoms with Gasteiger partial charge in [0.2, 0.25) is 0 Å². The van der Waals surface area contributed by atoms with Crippen LogP contribution >= 0.6 is 35.2 Å². The summed E-state index contributed by atoms with van der Waals surface area (Å²) in [6.45, 7) is 1.91. The van der Waals surface area contributed by atoms with Crippen molar-refractivity contribution in [3.05, 3.63) is 27.1 Å². The summed E-state index contributed by atoms with van der Waals surface area (Å²) in [5.41, 5.74) is 1.01. The Labute approximate surface area is 78.4 Å². The predicted octanol–water partition coefficient (Wildman–Crippen LogP) is 3.03. The van der Waals surface area contributed by atoms with E-state index in [0.717, 1.165) is 5.56 Å². The molecule has 0 radical (unpaired) electrons. The molecule has 10 heavy (non-hydrogen) atoms. The second-order valence-electron chi connectivity index (χ2n) is 2.05. The van der Waals surface area contributed by atoms with Crippen LogP contribution in [0, 0.1) is 16.3 Å². The number of benzene rings is 1. The van der Waals surface area contributed by atoms with Crippen LogP contribution in [0.1, 0.15) is 5.56 Å². The van der Waals surface area contributed by atoms with E-state index in [1.807, 2.05) is 29.5 Å². The van der Waals surface area contributed by atoms with Crippen LogP contribution in [0.2, 0.25) is 0 Å². The molecule has 0 N–H and O–H groups in total. The molecule has 0 nitrogen and oxygen atoms in total. The van der Waals surface area contributed by atoms with Crippen LogP contribution in [0.25, 0.3) is 0 Å². The van der Waals surface area contributed by atoms with Gasteiger partial charge in [0.05, 0.1) is 0 Å². The third kappa shape index (κ3) is 1.63. The Kier molecular flexibility index (Phi) is 2.57. The first-order valence-electron chi connectivity index (χ1n) is 2.76. The Bertz CT molecular complexity index is 210. The lowest BCUT2D eigenvalue weighted by atomic mass is 10.2. The van der Waals surface area contributed by atoms with E-state index in [9.17, 15) is 4.39 Å². The quantitative estimate of drug-likeness (QED) is 0.542. The van der Waals surface area contributed by atoms with Gasteiger partial charge in [0.1, 0.15) is 5.82 Å². The van der Waals surface area contributed by atoms with E-state index >= 15 is 0 Å². The summed E-state index contributed by atoms with van der Waals surface area (Å²) in [5, 5.41) is 0. The van der Waals surface area contributed by atoms with Gasteiger partial charge >= 0.3 is 0 Å². The third-order valence-corrected chi connectivity index (χ3v) is 2.55. The van der Waals surface area contributed by atoms with Crippen molar-refractivity contribution in [1.82, 2.24) is 0 Å². The van der Waals surface area contributed by atoms with Crippen molar-refractivity contribution in [2.24, 2.45) is 0 Å². The molecule has 0 saturated heterocycles. The molecule has 0 aliphatic carbocycles. The first-order valence-corrected chi connectivity index (χ1v) is 4.28. The molecule has 1 aromatic rings. The van der Waals surface area contributed by atoms with Gasteiger partial charge in [-0.15, -0.1) is 12.6 Å². The molecular weight excluding hydrogens is 262 g/mol. The summed E-state index contributed by atoms with van der Waals surface area (Å²) in [6, 6.07) is 3.21. The fourth-order valence-electron chi connectivity index (χ4n) is 0.636. The van der Waals surface area contributed by atoms with E-state index in [4.69, 9.17) is 0 Å². The zero-order chi connectivity index (χ0) is 7.72. The maximum Gasteiger partial charge on any atom is 0.137 e. The Morgan fingerprint density at radius 2 is 2.10 bits per heavy atom. The molecule has 54 valence electrons. The third-order valence-electron chi connectivity index (χ3n) is 1.24. The van der Waals surface area contributed by atoms with E-state index in [-0.39, 0.29) is 5.82 Å². The Hall–Kier alpha value is 0.230. The van der Waals surface area contributed by atoms with Gasteiger partial charge in [0.15, 0.2) is 0 Å². The van der Waals surface area contributed by atoms with Gasteiger partial charge in [-0.25, -0.2) is 4.39 Å². The summed E-state index contributed by atoms with van der Waals surface area (Å²) in [7, 11) is 0. The van der Waals surface area contributed by atoms with Crippen molar-refractivity contribution in [2.75, 3.05) is 0 Å². The van der Waals surface area contributed by atoms with Gasteiger partial charge in [0.25, 0.3) is 0 Å². The average Bonchev–Trinajstić information content (AvgIpc) is 1.84. The molecule has 0 atom stereocenters. The van der Waals surface area contributed by atoms with Gasteiger partial charge < -0.3 is 0 Å². The lowest BCUT2D eigenvalue weighted by Gasteiger charge is -1.99. The van der Waals surface area contributed by atoms with Crippen molar-refractivity contribution in [3.63, 3.8) is 0 Å². The fourth-order valence-corrected chi connectivity index (χ4v) is 1.44. The van der Waals surface area contributed by atoms with Crippen LogP contribution in [0.4, 0.5) is 4.39 Å². The minimum atomic E-state index is -0.198. The molecule has 0 saturated carbocycles. The summed E-state index contributed by atoms with van der Waals surface area (Å²) in [5.74, 6) is -0.198. The van der Waals surface area contributed by atoms with Gasteiger partial charge in [-0.1, -0.05) is 0 Å². The number of rotatable bonds is 0. The number of halogens is 2. The highest BCUT2D eigenvalue weighted by Crippen LogP contribution is 2.19. The molecule has 0 aliphatic heterocycles. The predicted molar refractivity (Wildman–Crippen MR) is 51.1 cm³/mol. The monoisotopic (exact) mass is 268 g/mol. The highest BCUT2D eigenvalue weighted by Gasteiger charge is 2.00. The highest BCUT2D eigenvalue weighted by molar-refractivity contribution is 14.1. The van der Waals surface area contributed by atoms with Crippen LogP contribution < -0.4 is 0 Å². The van der Waals surface area contributed by atoms with Crippen molar-refractivity contribution in [2.45, 2.75) is 11.8 Å². The molecule has 0 spiro atoms. The van der Waals surface area contributed by atoms with Gasteiger partial charge in [0, 0.05) is 8.47 Å². The van der Waals surface area contributed by atoms with Crippen LogP contribution in [-0.2, 0) is 0 Å². The van der Waals surface area contributed by atoms with E-state index in [1.165, 1.54) is 6.07 Å². The van der Waals surface area contributed by atoms with E-state index in [0.29, 0.717) is 8.47 Å². The largest absolute Gasteiger partial charge is 0.206 e. The summed E-state index contributed by atoms with van der Waals surface area (Å²) in [6.07, 6.45) is 0. The number of thiol groups is 1. The summed E-state index contributed by atoms with van der Waals surface area (Å²) >= 11 is 6.03. The molecule has 1 rings (SSSR count). The zero-order valence-corrected chi connectivity index (χ0v) is 8.41. The minimum Gasteiger partial charge on any atom is -0.206 e. The second kappa shape index (κ2) is 3.09. The minimum absolute atomic E-state index is 0.198. The first kappa shape index (κ1) is 8.33. The highest BCUT2D eigenvalue weighted by atomic mass is 127. The second-order valence-corrected chi connectivity index (χ2v) is 3.70. The fraction of sp³-hybridized carbons (Fsp3) is 0.143. The van der Waals surface area contributed by atoms with Crippen molar-refractivity contribution in [1.29, 1.82) is 0 Å². The molecule has 0 aliphatic rings. The maximum absolute atomic E-state index is 12.7. The van der Waals surface area contributed by atoms with E-state index in [2.05, 4.69) is 12.6 Å². The lowest BCUT2D eigenvalue weighted by Crippen LogP contribution is -1.84. The maximum atomic E-state index is 12.7. The van der Waals surface area contributed by atoms with Crippen LogP contribution in [0.3, 0.4) is 0 Å². The summed E-state index contributed by atoms with van der Waals surface area (Å²) in [4.78, 5) is 0.706. The Morgan fingerprint density at radius 3 is 2.60 bits per heavy atom. The molecule has 0 amide bonds. The molecule has 0 heterocycles. The van der Waals surface area contributed by atoms with Gasteiger partial charge in [-0.2, -0.15) is 0 Å². The molecule has 0 aromatic heterocycles. The van der Waals surface area contributed by atoms with Crippen molar-refractivity contribution >= 4 is 35.2 Å². The lowest BCUT2D eigenvalue weighted by molar-refractivity contribution is 0.616. The number of hydrogen-bond acceptors (Lipinski definition) is 1. The Balaban J connectivity index is 3.28. The molecule has 1 aromatic carbocycles. The average molecular weight is 268 g/mol. The molecule has 0 fully saturated rings. The molecule has 3 heteroatoms. The molecular formula is C7H6FIS. The normalized spacial score (nSPS) is 10.0. The Morgan fingerprint density at radius 1 is 1.50 bits per heavy atom. The molecule has 0 unspecified atom stereocenters. The number of hydrogen-bond donors (Lipinski definition) is 1. The number of aryl methyl sites for hydroxylation is 1. The zero-order valence-electron chi connectivity index (χ0n) is 5.36. The van der Waals surface area contributed by atoms with Crippen molar-refractivity contribution < 1.29 is 4.39 Å². The first-order chi connectivity index (χ1) is 4.61. The standard InChI is InChI=1S/C7H6FIS/c1-4-2-6(9)5(8)3-7(4)10/h2-3,10H,1H3. The van der Waals surface area contributed by atoms with E-state index in [1.54, 1.807) is 6.07 Å². The topological polar surface area (TPSA) is 0 Å². The van der Waals surface area contributed by atoms with Crippen LogP contribution in [0.5, 0.6) is 0 Å². The smallest absolute Gasteiger partial charge is 0.137 e. The van der Waals surface area contributed by atoms with Crippen LogP contribution in [0.15, 0.2) is 17.0 Å². The van der Waals surface area contributed by atoms with Crippen molar-refractivity contribution in [3.8, 4) is 0 Å². The van der Waals surface area contributed by atoms with E-state index < -0.39 is 0 Å².